The summed E-state index contributed by atoms with van der Waals surface area (Å²) in [5, 5.41) is 39.4. The Hall–Kier alpha value is -3.68. The van der Waals surface area contributed by atoms with Crippen LogP contribution in [-0.2, 0) is 0 Å². The molecule has 94 valence electrons. The van der Waals surface area contributed by atoms with E-state index in [0.717, 1.165) is 23.3 Å². The fraction of sp³-hybridized carbons (Fsp3) is 0. The maximum Gasteiger partial charge on any atom is 0.237 e. The van der Waals surface area contributed by atoms with Gasteiger partial charge in [0.15, 0.2) is 0 Å². The highest BCUT2D eigenvalue weighted by Crippen LogP contribution is 2.17. The van der Waals surface area contributed by atoms with Gasteiger partial charge in [0.05, 0.1) is 11.9 Å². The van der Waals surface area contributed by atoms with Crippen molar-refractivity contribution in [3.05, 3.63) is 41.9 Å². The number of allylic oxidation sites excluding steroid dienone is 1. The molecular weight excluding hydrogens is 259 g/mol. The Morgan fingerprint density at radius 3 is 2.00 bits per heavy atom. The van der Waals surface area contributed by atoms with Crippen LogP contribution in [0, 0.1) is 51.1 Å². The van der Waals surface area contributed by atoms with Crippen LogP contribution < -0.4 is 5.01 Å². The van der Waals surface area contributed by atoms with E-state index in [4.69, 9.17) is 21.0 Å². The zero-order valence-electron chi connectivity index (χ0n) is 9.95. The first kappa shape index (κ1) is 14.4. The van der Waals surface area contributed by atoms with Gasteiger partial charge in [-0.1, -0.05) is 0 Å². The summed E-state index contributed by atoms with van der Waals surface area (Å²) in [6.07, 6.45) is 1.04. The third-order valence-corrected chi connectivity index (χ3v) is 2.00. The van der Waals surface area contributed by atoms with Crippen LogP contribution in [0.4, 0.5) is 10.1 Å². The van der Waals surface area contributed by atoms with Gasteiger partial charge in [0.2, 0.25) is 5.71 Å². The highest BCUT2D eigenvalue weighted by atomic mass is 19.1. The largest absolute Gasteiger partial charge is 0.237 e. The number of hydrazone groups is 1. The molecule has 0 amide bonds. The average Bonchev–Trinajstić information content (AvgIpc) is 2.49. The lowest BCUT2D eigenvalue weighted by Crippen LogP contribution is -2.11. The predicted octanol–water partition coefficient (Wildman–Crippen LogP) is 1.97. The van der Waals surface area contributed by atoms with Gasteiger partial charge in [-0.15, -0.1) is 5.10 Å². The zero-order valence-corrected chi connectivity index (χ0v) is 9.95. The molecule has 0 aliphatic carbocycles. The van der Waals surface area contributed by atoms with Gasteiger partial charge in [0.1, 0.15) is 35.7 Å². The van der Waals surface area contributed by atoms with Crippen molar-refractivity contribution in [3.63, 3.8) is 0 Å². The molecule has 0 saturated heterocycles. The molecule has 6 nitrogen and oxygen atoms in total. The second-order valence-corrected chi connectivity index (χ2v) is 3.26. The fourth-order valence-corrected chi connectivity index (χ4v) is 1.14. The average molecular weight is 264 g/mol. The fourth-order valence-electron chi connectivity index (χ4n) is 1.14. The van der Waals surface area contributed by atoms with Crippen molar-refractivity contribution in [2.75, 3.05) is 5.01 Å². The molecule has 1 rings (SSSR count). The molecule has 0 bridgehead atoms. The first-order valence-electron chi connectivity index (χ1n) is 5.10. The smallest absolute Gasteiger partial charge is 0.237 e. The summed E-state index contributed by atoms with van der Waals surface area (Å²) >= 11 is 0. The molecule has 0 radical (unpaired) electrons. The van der Waals surface area contributed by atoms with E-state index >= 15 is 0 Å². The quantitative estimate of drug-likeness (QED) is 0.470. The molecule has 7 heteroatoms. The molecular formula is C13H5FN6. The topological polar surface area (TPSA) is 111 Å². The first-order chi connectivity index (χ1) is 9.64. The molecule has 0 N–H and O–H groups in total. The van der Waals surface area contributed by atoms with E-state index in [9.17, 15) is 4.39 Å². The van der Waals surface area contributed by atoms with Gasteiger partial charge in [-0.3, -0.25) is 0 Å². The number of hydrogen-bond acceptors (Lipinski definition) is 6. The van der Waals surface area contributed by atoms with Crippen LogP contribution in [0.1, 0.15) is 0 Å². The summed E-state index contributed by atoms with van der Waals surface area (Å²) in [6, 6.07) is 11.3. The van der Waals surface area contributed by atoms with E-state index in [1.54, 1.807) is 24.3 Å². The molecule has 0 aromatic heterocycles. The van der Waals surface area contributed by atoms with E-state index in [1.165, 1.54) is 12.1 Å². The predicted molar refractivity (Wildman–Crippen MR) is 66.8 cm³/mol. The van der Waals surface area contributed by atoms with Crippen molar-refractivity contribution in [1.29, 1.82) is 21.0 Å². The number of nitriles is 4. The molecule has 0 unspecified atom stereocenters. The first-order valence-corrected chi connectivity index (χ1v) is 5.10. The maximum absolute atomic E-state index is 12.9. The van der Waals surface area contributed by atoms with Gasteiger partial charge in [-0.25, -0.2) is 9.40 Å². The van der Waals surface area contributed by atoms with E-state index in [0.29, 0.717) is 0 Å². The van der Waals surface area contributed by atoms with Crippen molar-refractivity contribution in [3.8, 4) is 24.3 Å². The minimum Gasteiger partial charge on any atom is -0.237 e. The summed E-state index contributed by atoms with van der Waals surface area (Å²) in [6.45, 7) is 0. The molecule has 20 heavy (non-hydrogen) atoms. The molecule has 0 saturated carbocycles. The van der Waals surface area contributed by atoms with Gasteiger partial charge in [-0.05, 0) is 24.3 Å². The molecule has 0 atom stereocenters. The summed E-state index contributed by atoms with van der Waals surface area (Å²) in [4.78, 5) is 0. The minimum atomic E-state index is -0.483. The van der Waals surface area contributed by atoms with Crippen molar-refractivity contribution in [1.82, 2.24) is 0 Å². The highest BCUT2D eigenvalue weighted by Gasteiger charge is 2.07. The number of hydrogen-bond donors (Lipinski definition) is 0. The Bertz CT molecular complexity index is 645. The van der Waals surface area contributed by atoms with Gasteiger partial charge >= 0.3 is 0 Å². The Kier molecular flexibility index (Phi) is 4.97. The van der Waals surface area contributed by atoms with Crippen LogP contribution in [0.5, 0.6) is 0 Å². The lowest BCUT2D eigenvalue weighted by Gasteiger charge is -2.13. The van der Waals surface area contributed by atoms with E-state index in [1.807, 2.05) is 0 Å². The van der Waals surface area contributed by atoms with Crippen molar-refractivity contribution in [2.24, 2.45) is 5.10 Å². The maximum atomic E-state index is 12.9. The molecule has 1 aromatic carbocycles. The molecule has 0 aliphatic heterocycles. The van der Waals surface area contributed by atoms with E-state index < -0.39 is 11.5 Å². The standard InChI is InChI=1S/C13H5FN6/c14-11-1-3-13(4-2-11)20(9-10(5-15)6-16)19-12(7-17)8-18/h1-4,9H. The van der Waals surface area contributed by atoms with Gasteiger partial charge < -0.3 is 0 Å². The Labute approximate surface area is 114 Å². The van der Waals surface area contributed by atoms with Crippen LogP contribution in [-0.4, -0.2) is 5.71 Å². The van der Waals surface area contributed by atoms with Gasteiger partial charge in [-0.2, -0.15) is 21.0 Å². The van der Waals surface area contributed by atoms with Crippen LogP contribution in [0.15, 0.2) is 41.1 Å². The molecule has 0 heterocycles. The number of rotatable bonds is 3. The third-order valence-electron chi connectivity index (χ3n) is 2.00. The summed E-state index contributed by atoms with van der Waals surface area (Å²) in [5.74, 6) is -0.483. The monoisotopic (exact) mass is 264 g/mol. The SMILES string of the molecule is N#CC(C#N)=CN(N=C(C#N)C#N)c1ccc(F)cc1. The van der Waals surface area contributed by atoms with E-state index in [-0.39, 0.29) is 11.3 Å². The van der Waals surface area contributed by atoms with Crippen molar-refractivity contribution >= 4 is 11.4 Å². The normalized spacial score (nSPS) is 8.05. The molecule has 0 fully saturated rings. The summed E-state index contributed by atoms with van der Waals surface area (Å²) in [7, 11) is 0. The Balaban J connectivity index is 3.34. The summed E-state index contributed by atoms with van der Waals surface area (Å²) < 4.78 is 12.9. The van der Waals surface area contributed by atoms with Gasteiger partial charge in [0.25, 0.3) is 0 Å². The lowest BCUT2D eigenvalue weighted by atomic mass is 10.3. The van der Waals surface area contributed by atoms with E-state index in [2.05, 4.69) is 5.10 Å². The number of benzene rings is 1. The molecule has 1 aromatic rings. The minimum absolute atomic E-state index is 0.284. The zero-order chi connectivity index (χ0) is 15.0. The second kappa shape index (κ2) is 6.91. The van der Waals surface area contributed by atoms with Gasteiger partial charge in [0, 0.05) is 0 Å². The Morgan fingerprint density at radius 2 is 1.55 bits per heavy atom. The molecule has 0 spiro atoms. The molecule has 0 aliphatic rings. The van der Waals surface area contributed by atoms with Crippen LogP contribution in [0.25, 0.3) is 0 Å². The van der Waals surface area contributed by atoms with Crippen molar-refractivity contribution < 1.29 is 4.39 Å². The second-order valence-electron chi connectivity index (χ2n) is 3.26. The lowest BCUT2D eigenvalue weighted by molar-refractivity contribution is 0.628. The van der Waals surface area contributed by atoms with Crippen LogP contribution in [0.2, 0.25) is 0 Å². The number of nitrogens with zero attached hydrogens (tertiary/aromatic N) is 6. The van der Waals surface area contributed by atoms with Crippen LogP contribution >= 0.6 is 0 Å². The number of halogens is 1. The third kappa shape index (κ3) is 3.67. The summed E-state index contributed by atoms with van der Waals surface area (Å²) in [5.41, 5.74) is -0.466. The highest BCUT2D eigenvalue weighted by molar-refractivity contribution is 6.10. The number of anilines is 1. The van der Waals surface area contributed by atoms with Crippen molar-refractivity contribution in [2.45, 2.75) is 0 Å². The Morgan fingerprint density at radius 1 is 1.00 bits per heavy atom. The van der Waals surface area contributed by atoms with Crippen LogP contribution in [0.3, 0.4) is 0 Å².